The van der Waals surface area contributed by atoms with Gasteiger partial charge in [0.05, 0.1) is 0 Å². The fraction of sp³-hybridized carbons (Fsp3) is 0.364. The fourth-order valence-corrected chi connectivity index (χ4v) is 2.24. The van der Waals surface area contributed by atoms with Gasteiger partial charge in [-0.25, -0.2) is 9.97 Å². The highest BCUT2D eigenvalue weighted by Crippen LogP contribution is 2.25. The largest absolute Gasteiger partial charge is 0.354 e. The van der Waals surface area contributed by atoms with Crippen LogP contribution < -0.4 is 16.4 Å². The van der Waals surface area contributed by atoms with Gasteiger partial charge < -0.3 is 5.32 Å². The molecular weight excluding hydrogens is 280 g/mol. The van der Waals surface area contributed by atoms with Gasteiger partial charge >= 0.3 is 11.1 Å². The van der Waals surface area contributed by atoms with Crippen molar-refractivity contribution in [3.63, 3.8) is 0 Å². The van der Waals surface area contributed by atoms with Gasteiger partial charge in [-0.05, 0) is 25.6 Å². The molecule has 0 aliphatic heterocycles. The van der Waals surface area contributed by atoms with Crippen LogP contribution in [0.15, 0.2) is 26.0 Å². The fourth-order valence-electron chi connectivity index (χ4n) is 1.41. The van der Waals surface area contributed by atoms with Gasteiger partial charge in [0.25, 0.3) is 0 Å². The Morgan fingerprint density at radius 1 is 1.40 bits per heavy atom. The molecule has 0 atom stereocenters. The van der Waals surface area contributed by atoms with Gasteiger partial charge in [-0.1, -0.05) is 0 Å². The molecule has 2 N–H and O–H groups in total. The van der Waals surface area contributed by atoms with E-state index in [9.17, 15) is 9.59 Å². The van der Waals surface area contributed by atoms with E-state index in [0.29, 0.717) is 22.7 Å². The summed E-state index contributed by atoms with van der Waals surface area (Å²) in [5, 5.41) is 6.44. The smallest absolute Gasteiger partial charge is 0.339 e. The summed E-state index contributed by atoms with van der Waals surface area (Å²) in [4.78, 5) is 34.7. The Morgan fingerprint density at radius 3 is 2.85 bits per heavy atom. The van der Waals surface area contributed by atoms with E-state index in [-0.39, 0.29) is 0 Å². The van der Waals surface area contributed by atoms with Gasteiger partial charge in [0.1, 0.15) is 5.03 Å². The second kappa shape index (κ2) is 5.87. The zero-order valence-corrected chi connectivity index (χ0v) is 12.1. The lowest BCUT2D eigenvalue weighted by molar-refractivity contribution is 0.596. The first kappa shape index (κ1) is 14.3. The van der Waals surface area contributed by atoms with Crippen molar-refractivity contribution in [2.24, 2.45) is 7.05 Å². The molecule has 106 valence electrons. The maximum absolute atomic E-state index is 11.3. The summed E-state index contributed by atoms with van der Waals surface area (Å²) in [6.07, 6.45) is 1.69. The molecule has 0 radical (unpaired) electrons. The minimum absolute atomic E-state index is 0.360. The van der Waals surface area contributed by atoms with E-state index in [1.807, 2.05) is 13.8 Å². The Morgan fingerprint density at radius 2 is 2.15 bits per heavy atom. The standard InChI is InChI=1S/C11H14N6O2S/c1-4-12-10-13-5-6(2)9(15-10)20-11-14-7(18)8(19)16-17(11)3/h5H,4H2,1-3H3,(H,16,19)(H,12,13,15). The quantitative estimate of drug-likeness (QED) is 0.610. The van der Waals surface area contributed by atoms with Crippen LogP contribution >= 0.6 is 11.8 Å². The molecule has 0 saturated carbocycles. The minimum atomic E-state index is -0.816. The number of H-pyrrole nitrogens is 1. The lowest BCUT2D eigenvalue weighted by Gasteiger charge is -2.08. The number of hydrogen-bond acceptors (Lipinski definition) is 7. The average Bonchev–Trinajstić information content (AvgIpc) is 2.40. The minimum Gasteiger partial charge on any atom is -0.354 e. The maximum Gasteiger partial charge on any atom is 0.339 e. The van der Waals surface area contributed by atoms with Crippen molar-refractivity contribution in [3.05, 3.63) is 32.5 Å². The molecule has 0 bridgehead atoms. The predicted molar refractivity (Wildman–Crippen MR) is 75.2 cm³/mol. The van der Waals surface area contributed by atoms with Crippen LogP contribution in [0.25, 0.3) is 0 Å². The molecule has 2 aromatic heterocycles. The van der Waals surface area contributed by atoms with Crippen molar-refractivity contribution in [2.75, 3.05) is 11.9 Å². The first-order chi connectivity index (χ1) is 9.51. The molecule has 8 nitrogen and oxygen atoms in total. The molecule has 0 saturated heterocycles. The van der Waals surface area contributed by atoms with Crippen LogP contribution in [0, 0.1) is 6.92 Å². The van der Waals surface area contributed by atoms with Gasteiger partial charge in [0.2, 0.25) is 5.95 Å². The van der Waals surface area contributed by atoms with Gasteiger partial charge in [-0.15, -0.1) is 0 Å². The van der Waals surface area contributed by atoms with Crippen LogP contribution in [0.5, 0.6) is 0 Å². The van der Waals surface area contributed by atoms with E-state index in [1.54, 1.807) is 13.2 Å². The molecular formula is C11H14N6O2S. The van der Waals surface area contributed by atoms with Crippen molar-refractivity contribution < 1.29 is 0 Å². The third-order valence-electron chi connectivity index (χ3n) is 2.40. The summed E-state index contributed by atoms with van der Waals surface area (Å²) in [7, 11) is 1.61. The van der Waals surface area contributed by atoms with E-state index < -0.39 is 11.1 Å². The summed E-state index contributed by atoms with van der Waals surface area (Å²) >= 11 is 1.19. The number of nitrogens with zero attached hydrogens (tertiary/aromatic N) is 4. The van der Waals surface area contributed by atoms with Gasteiger partial charge in [0.15, 0.2) is 5.16 Å². The van der Waals surface area contributed by atoms with E-state index in [2.05, 4.69) is 25.4 Å². The molecule has 2 rings (SSSR count). The highest BCUT2D eigenvalue weighted by molar-refractivity contribution is 7.99. The van der Waals surface area contributed by atoms with Crippen LogP contribution in [0.1, 0.15) is 12.5 Å². The SMILES string of the molecule is CCNc1ncc(C)c(Sc2nc(=O)c(=O)[nH]n2C)n1. The Labute approximate surface area is 118 Å². The average molecular weight is 294 g/mol. The Hall–Kier alpha value is -2.16. The molecule has 2 heterocycles. The molecule has 0 fully saturated rings. The van der Waals surface area contributed by atoms with Crippen molar-refractivity contribution in [1.29, 1.82) is 0 Å². The number of aromatic amines is 1. The van der Waals surface area contributed by atoms with Crippen molar-refractivity contribution in [3.8, 4) is 0 Å². The Balaban J connectivity index is 2.39. The number of aryl methyl sites for hydroxylation is 2. The highest BCUT2D eigenvalue weighted by atomic mass is 32.2. The van der Waals surface area contributed by atoms with Gasteiger partial charge in [0, 0.05) is 25.4 Å². The second-order valence-electron chi connectivity index (χ2n) is 4.01. The molecule has 0 aliphatic carbocycles. The molecule has 0 spiro atoms. The van der Waals surface area contributed by atoms with E-state index in [1.165, 1.54) is 16.4 Å². The molecule has 9 heteroatoms. The van der Waals surface area contributed by atoms with Crippen LogP contribution in [0.3, 0.4) is 0 Å². The molecule has 0 aromatic carbocycles. The summed E-state index contributed by atoms with van der Waals surface area (Å²) < 4.78 is 1.39. The lowest BCUT2D eigenvalue weighted by atomic mass is 10.4. The van der Waals surface area contributed by atoms with E-state index in [4.69, 9.17) is 0 Å². The monoisotopic (exact) mass is 294 g/mol. The Bertz CT molecular complexity index is 738. The first-order valence-corrected chi connectivity index (χ1v) is 6.75. The third kappa shape index (κ3) is 3.05. The molecule has 20 heavy (non-hydrogen) atoms. The van der Waals surface area contributed by atoms with Crippen LogP contribution in [-0.2, 0) is 7.05 Å². The summed E-state index contributed by atoms with van der Waals surface area (Å²) in [6, 6.07) is 0. The van der Waals surface area contributed by atoms with Crippen LogP contribution in [-0.4, -0.2) is 31.3 Å². The maximum atomic E-state index is 11.3. The summed E-state index contributed by atoms with van der Waals surface area (Å²) in [5.41, 5.74) is -0.703. The van der Waals surface area contributed by atoms with Gasteiger partial charge in [-0.3, -0.25) is 19.4 Å². The number of hydrogen-bond donors (Lipinski definition) is 2. The molecule has 0 amide bonds. The topological polar surface area (TPSA) is 106 Å². The van der Waals surface area contributed by atoms with Crippen molar-refractivity contribution >= 4 is 17.7 Å². The van der Waals surface area contributed by atoms with Crippen LogP contribution in [0.4, 0.5) is 5.95 Å². The van der Waals surface area contributed by atoms with Gasteiger partial charge in [-0.2, -0.15) is 4.98 Å². The first-order valence-electron chi connectivity index (χ1n) is 5.94. The predicted octanol–water partition coefficient (Wildman–Crippen LogP) is 0.150. The molecule has 2 aromatic rings. The number of nitrogens with one attached hydrogen (secondary N) is 2. The normalized spacial score (nSPS) is 10.6. The number of rotatable bonds is 4. The summed E-state index contributed by atoms with van der Waals surface area (Å²) in [6.45, 7) is 4.52. The second-order valence-corrected chi connectivity index (χ2v) is 4.97. The number of aromatic nitrogens is 5. The summed E-state index contributed by atoms with van der Waals surface area (Å²) in [5.74, 6) is 0.509. The lowest BCUT2D eigenvalue weighted by Crippen LogP contribution is -2.33. The van der Waals surface area contributed by atoms with Crippen molar-refractivity contribution in [2.45, 2.75) is 24.0 Å². The van der Waals surface area contributed by atoms with Crippen molar-refractivity contribution in [1.82, 2.24) is 24.7 Å². The number of anilines is 1. The third-order valence-corrected chi connectivity index (χ3v) is 3.55. The van der Waals surface area contributed by atoms with Crippen LogP contribution in [0.2, 0.25) is 0 Å². The Kier molecular flexibility index (Phi) is 4.18. The molecule has 0 unspecified atom stereocenters. The highest BCUT2D eigenvalue weighted by Gasteiger charge is 2.10. The zero-order valence-electron chi connectivity index (χ0n) is 11.3. The zero-order chi connectivity index (χ0) is 14.7. The van der Waals surface area contributed by atoms with E-state index in [0.717, 1.165) is 5.56 Å². The van der Waals surface area contributed by atoms with E-state index >= 15 is 0 Å². The molecule has 0 aliphatic rings.